The Morgan fingerprint density at radius 1 is 0.857 bits per heavy atom. The molecule has 0 saturated heterocycles. The lowest BCUT2D eigenvalue weighted by Crippen LogP contribution is -2.20. The van der Waals surface area contributed by atoms with E-state index in [4.69, 9.17) is 11.6 Å². The molecule has 3 heteroatoms. The first-order valence-corrected chi connectivity index (χ1v) is 8.86. The van der Waals surface area contributed by atoms with E-state index in [9.17, 15) is 4.39 Å². The van der Waals surface area contributed by atoms with E-state index >= 15 is 0 Å². The van der Waals surface area contributed by atoms with Crippen molar-refractivity contribution in [2.75, 3.05) is 5.32 Å². The fourth-order valence-corrected chi connectivity index (χ4v) is 3.32. The van der Waals surface area contributed by atoms with E-state index in [0.29, 0.717) is 11.7 Å². The first-order chi connectivity index (χ1) is 10.3. The van der Waals surface area contributed by atoms with E-state index in [1.807, 2.05) is 6.07 Å². The Morgan fingerprint density at radius 3 is 1.95 bits per heavy atom. The average molecular weight is 312 g/mol. The van der Waals surface area contributed by atoms with Crippen LogP contribution in [0.2, 0.25) is 5.02 Å². The molecule has 1 aromatic rings. The first-order valence-electron chi connectivity index (χ1n) is 8.48. The molecule has 1 aromatic carbocycles. The summed E-state index contributed by atoms with van der Waals surface area (Å²) in [5.41, 5.74) is 0.555. The second-order valence-corrected chi connectivity index (χ2v) is 6.61. The van der Waals surface area contributed by atoms with Crippen molar-refractivity contribution in [3.63, 3.8) is 0 Å². The van der Waals surface area contributed by atoms with Crippen molar-refractivity contribution in [2.45, 2.75) is 76.7 Å². The molecule has 0 unspecified atom stereocenters. The van der Waals surface area contributed by atoms with Crippen LogP contribution in [0.4, 0.5) is 10.1 Å². The number of benzene rings is 1. The summed E-state index contributed by atoms with van der Waals surface area (Å²) < 4.78 is 14.0. The van der Waals surface area contributed by atoms with Crippen LogP contribution in [0.25, 0.3) is 0 Å². The highest BCUT2D eigenvalue weighted by atomic mass is 35.5. The smallest absolute Gasteiger partial charge is 0.164 e. The summed E-state index contributed by atoms with van der Waals surface area (Å²) in [4.78, 5) is 0. The van der Waals surface area contributed by atoms with E-state index in [1.54, 1.807) is 12.1 Å². The Hall–Kier alpha value is -0.760. The molecule has 1 N–H and O–H groups in total. The van der Waals surface area contributed by atoms with Crippen LogP contribution < -0.4 is 5.32 Å². The van der Waals surface area contributed by atoms with Crippen molar-refractivity contribution in [3.8, 4) is 0 Å². The van der Waals surface area contributed by atoms with Crippen LogP contribution in [0.15, 0.2) is 18.2 Å². The molecule has 0 radical (unpaired) electrons. The number of halogens is 2. The largest absolute Gasteiger partial charge is 0.380 e. The van der Waals surface area contributed by atoms with Crippen molar-refractivity contribution in [1.82, 2.24) is 0 Å². The van der Waals surface area contributed by atoms with Gasteiger partial charge in [-0.15, -0.1) is 0 Å². The van der Waals surface area contributed by atoms with E-state index in [-0.39, 0.29) is 10.8 Å². The van der Waals surface area contributed by atoms with E-state index < -0.39 is 0 Å². The summed E-state index contributed by atoms with van der Waals surface area (Å²) in [5, 5.41) is 3.58. The van der Waals surface area contributed by atoms with Gasteiger partial charge in [-0.05, 0) is 25.0 Å². The molecule has 0 bridgehead atoms. The predicted molar refractivity (Wildman–Crippen MR) is 89.6 cm³/mol. The van der Waals surface area contributed by atoms with Crippen molar-refractivity contribution in [3.05, 3.63) is 29.0 Å². The van der Waals surface area contributed by atoms with Crippen LogP contribution in [-0.4, -0.2) is 6.04 Å². The van der Waals surface area contributed by atoms with Gasteiger partial charge in [-0.3, -0.25) is 0 Å². The maximum absolute atomic E-state index is 14.0. The van der Waals surface area contributed by atoms with Gasteiger partial charge in [0.05, 0.1) is 10.7 Å². The molecule has 0 amide bonds. The Bertz CT molecular complexity index is 410. The average Bonchev–Trinajstić information content (AvgIpc) is 2.46. The molecule has 1 aliphatic rings. The normalized spacial score (nSPS) is 19.5. The third-order valence-electron chi connectivity index (χ3n) is 4.42. The van der Waals surface area contributed by atoms with Crippen LogP contribution in [0, 0.1) is 5.82 Å². The number of rotatable bonds is 2. The number of hydrogen-bond donors (Lipinski definition) is 1. The minimum absolute atomic E-state index is 0.202. The Labute approximate surface area is 133 Å². The summed E-state index contributed by atoms with van der Waals surface area (Å²) in [7, 11) is 0. The third-order valence-corrected chi connectivity index (χ3v) is 4.71. The summed E-state index contributed by atoms with van der Waals surface area (Å²) >= 11 is 5.86. The van der Waals surface area contributed by atoms with E-state index in [1.165, 1.54) is 57.8 Å². The highest BCUT2D eigenvalue weighted by Gasteiger charge is 2.13. The molecule has 0 spiro atoms. The Morgan fingerprint density at radius 2 is 1.38 bits per heavy atom. The molecule has 2 rings (SSSR count). The van der Waals surface area contributed by atoms with Gasteiger partial charge in [0.25, 0.3) is 0 Å². The molecule has 118 valence electrons. The van der Waals surface area contributed by atoms with Gasteiger partial charge in [-0.2, -0.15) is 0 Å². The van der Waals surface area contributed by atoms with Crippen molar-refractivity contribution in [1.29, 1.82) is 0 Å². The van der Waals surface area contributed by atoms with Gasteiger partial charge in [-0.25, -0.2) is 4.39 Å². The SMILES string of the molecule is Fc1c(Cl)cccc1NC1CCCCCCCCCCC1. The number of anilines is 1. The van der Waals surface area contributed by atoms with Crippen molar-refractivity contribution >= 4 is 17.3 Å². The number of hydrogen-bond acceptors (Lipinski definition) is 1. The molecule has 1 nitrogen and oxygen atoms in total. The van der Waals surface area contributed by atoms with Gasteiger partial charge in [-0.1, -0.05) is 75.5 Å². The number of nitrogens with one attached hydrogen (secondary N) is 1. The van der Waals surface area contributed by atoms with Crippen LogP contribution in [0.5, 0.6) is 0 Å². The first kappa shape index (κ1) is 16.6. The van der Waals surface area contributed by atoms with Gasteiger partial charge < -0.3 is 5.32 Å². The van der Waals surface area contributed by atoms with Crippen molar-refractivity contribution in [2.24, 2.45) is 0 Å². The van der Waals surface area contributed by atoms with Gasteiger partial charge in [0.15, 0.2) is 5.82 Å². The molecule has 0 aromatic heterocycles. The Kier molecular flexibility index (Phi) is 7.35. The molecule has 1 saturated carbocycles. The summed E-state index contributed by atoms with van der Waals surface area (Å²) in [6.45, 7) is 0. The lowest BCUT2D eigenvalue weighted by atomic mass is 9.98. The molecule has 1 aliphatic carbocycles. The zero-order chi connectivity index (χ0) is 14.9. The molecule has 0 heterocycles. The van der Waals surface area contributed by atoms with Gasteiger partial charge in [0, 0.05) is 6.04 Å². The Balaban J connectivity index is 1.92. The lowest BCUT2D eigenvalue weighted by Gasteiger charge is -2.21. The molecule has 0 aliphatic heterocycles. The minimum Gasteiger partial charge on any atom is -0.380 e. The molecule has 0 atom stereocenters. The second kappa shape index (κ2) is 9.30. The highest BCUT2D eigenvalue weighted by Crippen LogP contribution is 2.25. The fourth-order valence-electron chi connectivity index (χ4n) is 3.14. The van der Waals surface area contributed by atoms with Crippen LogP contribution in [0.3, 0.4) is 0 Å². The molecular formula is C18H27ClFN. The van der Waals surface area contributed by atoms with Crippen LogP contribution in [0.1, 0.15) is 70.6 Å². The van der Waals surface area contributed by atoms with Crippen molar-refractivity contribution < 1.29 is 4.39 Å². The zero-order valence-corrected chi connectivity index (χ0v) is 13.6. The molecule has 1 fully saturated rings. The fraction of sp³-hybridized carbons (Fsp3) is 0.667. The predicted octanol–water partition coefficient (Wildman–Crippen LogP) is 6.56. The minimum atomic E-state index is -0.315. The van der Waals surface area contributed by atoms with Crippen LogP contribution in [-0.2, 0) is 0 Å². The van der Waals surface area contributed by atoms with Crippen LogP contribution >= 0.6 is 11.6 Å². The second-order valence-electron chi connectivity index (χ2n) is 6.20. The van der Waals surface area contributed by atoms with Gasteiger partial charge in [0.2, 0.25) is 0 Å². The van der Waals surface area contributed by atoms with E-state index in [0.717, 1.165) is 12.8 Å². The lowest BCUT2D eigenvalue weighted by molar-refractivity contribution is 0.478. The van der Waals surface area contributed by atoms with Gasteiger partial charge in [0.1, 0.15) is 0 Å². The van der Waals surface area contributed by atoms with E-state index in [2.05, 4.69) is 5.32 Å². The quantitative estimate of drug-likeness (QED) is 0.651. The maximum Gasteiger partial charge on any atom is 0.164 e. The zero-order valence-electron chi connectivity index (χ0n) is 12.8. The topological polar surface area (TPSA) is 12.0 Å². The maximum atomic E-state index is 14.0. The monoisotopic (exact) mass is 311 g/mol. The molecular weight excluding hydrogens is 285 g/mol. The summed E-state index contributed by atoms with van der Waals surface area (Å²) in [6.07, 6.45) is 14.2. The summed E-state index contributed by atoms with van der Waals surface area (Å²) in [6, 6.07) is 5.57. The third kappa shape index (κ3) is 5.86. The van der Waals surface area contributed by atoms with Gasteiger partial charge >= 0.3 is 0 Å². The highest BCUT2D eigenvalue weighted by molar-refractivity contribution is 6.31. The summed E-state index contributed by atoms with van der Waals surface area (Å²) in [5.74, 6) is -0.315. The molecule has 21 heavy (non-hydrogen) atoms. The standard InChI is InChI=1S/C18H27ClFN/c19-16-13-10-14-17(18(16)20)21-15-11-8-6-4-2-1-3-5-7-9-12-15/h10,13-15,21H,1-9,11-12H2.